The minimum atomic E-state index is 0.651. The summed E-state index contributed by atoms with van der Waals surface area (Å²) < 4.78 is 0. The Morgan fingerprint density at radius 1 is 1.52 bits per heavy atom. The summed E-state index contributed by atoms with van der Waals surface area (Å²) in [5, 5.41) is 6.58. The predicted molar refractivity (Wildman–Crippen MR) is 100 cm³/mol. The molecule has 1 saturated heterocycles. The zero-order valence-electron chi connectivity index (χ0n) is 15.2. The third-order valence-corrected chi connectivity index (χ3v) is 5.10. The van der Waals surface area contributed by atoms with Crippen LogP contribution in [-0.4, -0.2) is 49.6 Å². The molecule has 1 atom stereocenters. The number of likely N-dealkylation sites (tertiary alicyclic amines) is 1. The first kappa shape index (κ1) is 18.0. The summed E-state index contributed by atoms with van der Waals surface area (Å²) in [5.74, 6) is 2.62. The van der Waals surface area contributed by atoms with Gasteiger partial charge in [0, 0.05) is 39.1 Å². The molecule has 0 spiro atoms. The van der Waals surface area contributed by atoms with E-state index in [-0.39, 0.29) is 0 Å². The van der Waals surface area contributed by atoms with Crippen molar-refractivity contribution in [2.75, 3.05) is 38.6 Å². The molecule has 2 heterocycles. The highest BCUT2D eigenvalue weighted by atomic mass is 32.1. The van der Waals surface area contributed by atoms with Gasteiger partial charge in [0.05, 0.1) is 12.2 Å². The molecule has 5 nitrogen and oxygen atoms in total. The van der Waals surface area contributed by atoms with Crippen LogP contribution in [0, 0.1) is 11.8 Å². The molecular formula is C17H31N5S. The van der Waals surface area contributed by atoms with E-state index in [1.807, 2.05) is 19.0 Å². The molecule has 0 bridgehead atoms. The van der Waals surface area contributed by atoms with Gasteiger partial charge in [0.15, 0.2) is 11.1 Å². The van der Waals surface area contributed by atoms with Crippen LogP contribution in [-0.2, 0) is 6.54 Å². The fourth-order valence-corrected chi connectivity index (χ4v) is 3.79. The van der Waals surface area contributed by atoms with Crippen LogP contribution in [0.1, 0.15) is 39.3 Å². The number of thiazole rings is 1. The molecular weight excluding hydrogens is 306 g/mol. The number of aromatic nitrogens is 1. The number of nitrogens with zero attached hydrogens (tertiary/aromatic N) is 4. The van der Waals surface area contributed by atoms with Crippen molar-refractivity contribution in [1.29, 1.82) is 0 Å². The highest BCUT2D eigenvalue weighted by molar-refractivity contribution is 7.13. The zero-order chi connectivity index (χ0) is 16.8. The van der Waals surface area contributed by atoms with Gasteiger partial charge in [0.25, 0.3) is 0 Å². The third-order valence-electron chi connectivity index (χ3n) is 4.04. The van der Waals surface area contributed by atoms with Crippen molar-refractivity contribution in [3.8, 4) is 0 Å². The minimum Gasteiger partial charge on any atom is -0.357 e. The molecule has 1 unspecified atom stereocenters. The Labute approximate surface area is 144 Å². The van der Waals surface area contributed by atoms with E-state index < -0.39 is 0 Å². The number of guanidine groups is 1. The second kappa shape index (κ2) is 8.52. The van der Waals surface area contributed by atoms with E-state index >= 15 is 0 Å². The summed E-state index contributed by atoms with van der Waals surface area (Å²) in [4.78, 5) is 13.9. The summed E-state index contributed by atoms with van der Waals surface area (Å²) >= 11 is 1.67. The molecule has 1 aromatic heterocycles. The van der Waals surface area contributed by atoms with Crippen LogP contribution < -0.4 is 10.2 Å². The SMILES string of the molecule is CCNC(=NCc1csc(N(C)C)n1)N1CCC(CC(C)C)C1. The number of hydrogen-bond acceptors (Lipinski definition) is 4. The lowest BCUT2D eigenvalue weighted by Gasteiger charge is -2.22. The predicted octanol–water partition coefficient (Wildman–Crippen LogP) is 3.04. The number of aliphatic imine (C=N–C) groups is 1. The molecule has 1 aliphatic rings. The molecule has 0 saturated carbocycles. The molecule has 1 N–H and O–H groups in total. The molecule has 0 radical (unpaired) electrons. The Morgan fingerprint density at radius 2 is 2.30 bits per heavy atom. The van der Waals surface area contributed by atoms with Gasteiger partial charge in [-0.25, -0.2) is 9.98 Å². The Balaban J connectivity index is 1.97. The van der Waals surface area contributed by atoms with Crippen LogP contribution in [0.15, 0.2) is 10.4 Å². The topological polar surface area (TPSA) is 43.8 Å². The van der Waals surface area contributed by atoms with Gasteiger partial charge in [0.2, 0.25) is 0 Å². The van der Waals surface area contributed by atoms with Gasteiger partial charge < -0.3 is 15.1 Å². The first-order chi connectivity index (χ1) is 11.0. The molecule has 130 valence electrons. The van der Waals surface area contributed by atoms with Crippen molar-refractivity contribution in [2.24, 2.45) is 16.8 Å². The van der Waals surface area contributed by atoms with Crippen molar-refractivity contribution in [3.63, 3.8) is 0 Å². The third kappa shape index (κ3) is 5.37. The molecule has 0 amide bonds. The Hall–Kier alpha value is -1.30. The Bertz CT molecular complexity index is 509. The highest BCUT2D eigenvalue weighted by Crippen LogP contribution is 2.23. The summed E-state index contributed by atoms with van der Waals surface area (Å²) in [7, 11) is 4.05. The van der Waals surface area contributed by atoms with E-state index in [1.165, 1.54) is 12.8 Å². The quantitative estimate of drug-likeness (QED) is 0.640. The van der Waals surface area contributed by atoms with E-state index in [0.717, 1.165) is 48.3 Å². The van der Waals surface area contributed by atoms with Crippen molar-refractivity contribution >= 4 is 22.4 Å². The van der Waals surface area contributed by atoms with Gasteiger partial charge in [-0.15, -0.1) is 11.3 Å². The van der Waals surface area contributed by atoms with Gasteiger partial charge >= 0.3 is 0 Å². The Kier molecular flexibility index (Phi) is 6.69. The average molecular weight is 338 g/mol. The van der Waals surface area contributed by atoms with Crippen molar-refractivity contribution in [2.45, 2.75) is 40.2 Å². The van der Waals surface area contributed by atoms with E-state index in [1.54, 1.807) is 11.3 Å². The molecule has 0 aliphatic carbocycles. The lowest BCUT2D eigenvalue weighted by molar-refractivity contribution is 0.403. The molecule has 1 aromatic rings. The molecule has 2 rings (SSSR count). The van der Waals surface area contributed by atoms with Crippen LogP contribution in [0.5, 0.6) is 0 Å². The van der Waals surface area contributed by atoms with E-state index in [4.69, 9.17) is 4.99 Å². The van der Waals surface area contributed by atoms with E-state index in [0.29, 0.717) is 6.54 Å². The summed E-state index contributed by atoms with van der Waals surface area (Å²) in [6.07, 6.45) is 2.60. The second-order valence-electron chi connectivity index (χ2n) is 6.92. The van der Waals surface area contributed by atoms with Crippen molar-refractivity contribution < 1.29 is 0 Å². The molecule has 23 heavy (non-hydrogen) atoms. The van der Waals surface area contributed by atoms with Crippen LogP contribution in [0.3, 0.4) is 0 Å². The van der Waals surface area contributed by atoms with Crippen LogP contribution in [0.4, 0.5) is 5.13 Å². The maximum atomic E-state index is 4.81. The maximum absolute atomic E-state index is 4.81. The van der Waals surface area contributed by atoms with E-state index in [9.17, 15) is 0 Å². The summed E-state index contributed by atoms with van der Waals surface area (Å²) in [6.45, 7) is 10.6. The molecule has 0 aromatic carbocycles. The smallest absolute Gasteiger partial charge is 0.194 e. The minimum absolute atomic E-state index is 0.651. The van der Waals surface area contributed by atoms with Gasteiger partial charge in [0.1, 0.15) is 0 Å². The number of nitrogens with one attached hydrogen (secondary N) is 1. The molecule has 6 heteroatoms. The van der Waals surface area contributed by atoms with Crippen molar-refractivity contribution in [1.82, 2.24) is 15.2 Å². The van der Waals surface area contributed by atoms with Crippen LogP contribution in [0.2, 0.25) is 0 Å². The lowest BCUT2D eigenvalue weighted by atomic mass is 9.97. The summed E-state index contributed by atoms with van der Waals surface area (Å²) in [6, 6.07) is 0. The fourth-order valence-electron chi connectivity index (χ4n) is 3.04. The second-order valence-corrected chi connectivity index (χ2v) is 7.75. The maximum Gasteiger partial charge on any atom is 0.194 e. The number of hydrogen-bond donors (Lipinski definition) is 1. The number of anilines is 1. The first-order valence-electron chi connectivity index (χ1n) is 8.64. The average Bonchev–Trinajstić information content (AvgIpc) is 3.12. The van der Waals surface area contributed by atoms with Gasteiger partial charge in [-0.1, -0.05) is 13.8 Å². The molecule has 1 fully saturated rings. The van der Waals surface area contributed by atoms with Crippen LogP contribution in [0.25, 0.3) is 0 Å². The standard InChI is InChI=1S/C17H31N5S/c1-6-18-16(22-8-7-14(11-22)9-13(2)3)19-10-15-12-23-17(20-15)21(4)5/h12-14H,6-11H2,1-5H3,(H,18,19). The van der Waals surface area contributed by atoms with Gasteiger partial charge in [-0.05, 0) is 31.6 Å². The van der Waals surface area contributed by atoms with E-state index in [2.05, 4.69) is 41.4 Å². The van der Waals surface area contributed by atoms with Gasteiger partial charge in [-0.2, -0.15) is 0 Å². The monoisotopic (exact) mass is 337 g/mol. The van der Waals surface area contributed by atoms with Crippen molar-refractivity contribution in [3.05, 3.63) is 11.1 Å². The van der Waals surface area contributed by atoms with Crippen LogP contribution >= 0.6 is 11.3 Å². The fraction of sp³-hybridized carbons (Fsp3) is 0.765. The van der Waals surface area contributed by atoms with Gasteiger partial charge in [-0.3, -0.25) is 0 Å². The lowest BCUT2D eigenvalue weighted by Crippen LogP contribution is -2.40. The summed E-state index contributed by atoms with van der Waals surface area (Å²) in [5.41, 5.74) is 1.05. The number of rotatable bonds is 6. The normalized spacial score (nSPS) is 18.8. The molecule has 1 aliphatic heterocycles. The zero-order valence-corrected chi connectivity index (χ0v) is 16.0. The largest absolute Gasteiger partial charge is 0.357 e. The highest BCUT2D eigenvalue weighted by Gasteiger charge is 2.25. The Morgan fingerprint density at radius 3 is 2.91 bits per heavy atom. The first-order valence-corrected chi connectivity index (χ1v) is 9.52.